The van der Waals surface area contributed by atoms with Crippen LogP contribution in [0.4, 0.5) is 0 Å². The van der Waals surface area contributed by atoms with Gasteiger partial charge in [-0.2, -0.15) is 0 Å². The van der Waals surface area contributed by atoms with Crippen LogP contribution in [0.1, 0.15) is 27.4 Å². The molecule has 0 heterocycles. The topological polar surface area (TPSA) is 58.6 Å². The van der Waals surface area contributed by atoms with Crippen LogP contribution in [0.5, 0.6) is 11.5 Å². The monoisotopic (exact) mass is 283 g/mol. The third-order valence-corrected chi connectivity index (χ3v) is 3.93. The molecule has 0 saturated heterocycles. The number of carbonyl (C=O) groups is 1. The zero-order chi connectivity index (χ0) is 14.8. The Kier molecular flexibility index (Phi) is 3.52. The predicted molar refractivity (Wildman–Crippen MR) is 79.9 cm³/mol. The number of phenols is 1. The van der Waals surface area contributed by atoms with Crippen molar-refractivity contribution < 1.29 is 14.6 Å². The summed E-state index contributed by atoms with van der Waals surface area (Å²) in [6.07, 6.45) is 0.987. The number of benzene rings is 2. The van der Waals surface area contributed by atoms with E-state index in [1.165, 1.54) is 18.2 Å². The van der Waals surface area contributed by atoms with E-state index in [1.54, 1.807) is 18.2 Å². The van der Waals surface area contributed by atoms with E-state index in [0.717, 1.165) is 6.42 Å². The smallest absolute Gasteiger partial charge is 0.255 e. The molecule has 0 spiro atoms. The number of nitrogens with one attached hydrogen (secondary N) is 1. The van der Waals surface area contributed by atoms with E-state index in [9.17, 15) is 9.90 Å². The van der Waals surface area contributed by atoms with Gasteiger partial charge < -0.3 is 15.2 Å². The standard InChI is InChI=1S/C17H17NO3/c1-21-15-8-4-7-14(16(15)19)17(20)18-10-12-9-11-5-2-3-6-13(11)12/h2-8,12,19H,9-10H2,1H3,(H,18,20). The van der Waals surface area contributed by atoms with Crippen LogP contribution < -0.4 is 10.1 Å². The third kappa shape index (κ3) is 2.44. The molecule has 1 amide bonds. The second-order valence-corrected chi connectivity index (χ2v) is 5.17. The van der Waals surface area contributed by atoms with Crippen LogP contribution in [0.2, 0.25) is 0 Å². The van der Waals surface area contributed by atoms with Crippen LogP contribution in [0.3, 0.4) is 0 Å². The van der Waals surface area contributed by atoms with Crippen molar-refractivity contribution in [1.82, 2.24) is 5.32 Å². The highest BCUT2D eigenvalue weighted by Gasteiger charge is 2.26. The van der Waals surface area contributed by atoms with Crippen molar-refractivity contribution in [3.63, 3.8) is 0 Å². The molecule has 21 heavy (non-hydrogen) atoms. The molecule has 2 aromatic carbocycles. The van der Waals surface area contributed by atoms with Crippen LogP contribution >= 0.6 is 0 Å². The Labute approximate surface area is 123 Å². The highest BCUT2D eigenvalue weighted by molar-refractivity contribution is 5.97. The Morgan fingerprint density at radius 1 is 1.29 bits per heavy atom. The van der Waals surface area contributed by atoms with E-state index in [2.05, 4.69) is 17.4 Å². The first-order valence-electron chi connectivity index (χ1n) is 6.92. The zero-order valence-corrected chi connectivity index (χ0v) is 11.8. The first kappa shape index (κ1) is 13.5. The summed E-state index contributed by atoms with van der Waals surface area (Å²) in [6.45, 7) is 0.576. The van der Waals surface area contributed by atoms with Gasteiger partial charge in [-0.25, -0.2) is 0 Å². The normalized spacial score (nSPS) is 15.8. The fourth-order valence-corrected chi connectivity index (χ4v) is 2.73. The van der Waals surface area contributed by atoms with Gasteiger partial charge in [0.05, 0.1) is 12.7 Å². The number of ether oxygens (including phenoxy) is 1. The lowest BCUT2D eigenvalue weighted by atomic mass is 9.77. The molecule has 4 heteroatoms. The van der Waals surface area contributed by atoms with Gasteiger partial charge in [-0.3, -0.25) is 4.79 Å². The predicted octanol–water partition coefficient (Wildman–Crippen LogP) is 2.47. The van der Waals surface area contributed by atoms with Gasteiger partial charge in [0.1, 0.15) is 0 Å². The number of amides is 1. The van der Waals surface area contributed by atoms with Crippen LogP contribution in [0, 0.1) is 0 Å². The Morgan fingerprint density at radius 3 is 2.86 bits per heavy atom. The number of rotatable bonds is 4. The third-order valence-electron chi connectivity index (χ3n) is 3.93. The van der Waals surface area contributed by atoms with Crippen LogP contribution in [-0.4, -0.2) is 24.7 Å². The van der Waals surface area contributed by atoms with Gasteiger partial charge in [-0.05, 0) is 29.7 Å². The van der Waals surface area contributed by atoms with Crippen molar-refractivity contribution in [3.8, 4) is 11.5 Å². The van der Waals surface area contributed by atoms with Gasteiger partial charge in [0.2, 0.25) is 0 Å². The summed E-state index contributed by atoms with van der Waals surface area (Å²) in [4.78, 5) is 12.2. The number of para-hydroxylation sites is 1. The van der Waals surface area contributed by atoms with Crippen molar-refractivity contribution in [1.29, 1.82) is 0 Å². The summed E-state index contributed by atoms with van der Waals surface area (Å²) in [5.74, 6) is 0.261. The Hall–Kier alpha value is -2.49. The maximum absolute atomic E-state index is 12.2. The van der Waals surface area contributed by atoms with Gasteiger partial charge in [-0.1, -0.05) is 30.3 Å². The number of hydrogen-bond donors (Lipinski definition) is 2. The lowest BCUT2D eigenvalue weighted by molar-refractivity contribution is 0.0946. The van der Waals surface area contributed by atoms with Crippen LogP contribution in [0.25, 0.3) is 0 Å². The first-order valence-corrected chi connectivity index (χ1v) is 6.92. The summed E-state index contributed by atoms with van der Waals surface area (Å²) in [7, 11) is 1.46. The molecule has 0 aromatic heterocycles. The second-order valence-electron chi connectivity index (χ2n) is 5.17. The summed E-state index contributed by atoms with van der Waals surface area (Å²) in [5.41, 5.74) is 2.88. The number of aromatic hydroxyl groups is 1. The largest absolute Gasteiger partial charge is 0.504 e. The molecule has 0 fully saturated rings. The second kappa shape index (κ2) is 5.48. The molecule has 1 aliphatic rings. The highest BCUT2D eigenvalue weighted by atomic mass is 16.5. The lowest BCUT2D eigenvalue weighted by Crippen LogP contribution is -2.33. The number of methoxy groups -OCH3 is 1. The van der Waals surface area contributed by atoms with Crippen molar-refractivity contribution in [2.45, 2.75) is 12.3 Å². The van der Waals surface area contributed by atoms with Gasteiger partial charge in [-0.15, -0.1) is 0 Å². The van der Waals surface area contributed by atoms with Gasteiger partial charge in [0.15, 0.2) is 11.5 Å². The molecule has 1 unspecified atom stereocenters. The molecule has 108 valence electrons. The molecule has 1 atom stereocenters. The quantitative estimate of drug-likeness (QED) is 0.906. The first-order chi connectivity index (χ1) is 10.2. The Bertz CT molecular complexity index is 681. The molecule has 2 aromatic rings. The maximum Gasteiger partial charge on any atom is 0.255 e. The van der Waals surface area contributed by atoms with Crippen molar-refractivity contribution in [2.24, 2.45) is 0 Å². The Balaban J connectivity index is 1.66. The molecular formula is C17H17NO3. The molecule has 0 aliphatic heterocycles. The van der Waals surface area contributed by atoms with Crippen LogP contribution in [-0.2, 0) is 6.42 Å². The number of carbonyl (C=O) groups excluding carboxylic acids is 1. The van der Waals surface area contributed by atoms with Crippen molar-refractivity contribution in [3.05, 3.63) is 59.2 Å². The molecule has 4 nitrogen and oxygen atoms in total. The van der Waals surface area contributed by atoms with Gasteiger partial charge >= 0.3 is 0 Å². The summed E-state index contributed by atoms with van der Waals surface area (Å²) in [6, 6.07) is 13.1. The summed E-state index contributed by atoms with van der Waals surface area (Å²) in [5, 5.41) is 12.8. The molecule has 2 N–H and O–H groups in total. The van der Waals surface area contributed by atoms with Crippen LogP contribution in [0.15, 0.2) is 42.5 Å². The van der Waals surface area contributed by atoms with E-state index in [4.69, 9.17) is 4.74 Å². The fraction of sp³-hybridized carbons (Fsp3) is 0.235. The summed E-state index contributed by atoms with van der Waals surface area (Å²) < 4.78 is 5.01. The number of fused-ring (bicyclic) bond motifs is 1. The molecule has 0 radical (unpaired) electrons. The van der Waals surface area contributed by atoms with Crippen molar-refractivity contribution >= 4 is 5.91 Å². The van der Waals surface area contributed by atoms with Gasteiger partial charge in [0.25, 0.3) is 5.91 Å². The maximum atomic E-state index is 12.2. The fourth-order valence-electron chi connectivity index (χ4n) is 2.73. The van der Waals surface area contributed by atoms with E-state index in [1.807, 2.05) is 12.1 Å². The van der Waals surface area contributed by atoms with E-state index < -0.39 is 0 Å². The average Bonchev–Trinajstić information content (AvgIpc) is 2.48. The zero-order valence-electron chi connectivity index (χ0n) is 11.8. The minimum atomic E-state index is -0.282. The molecule has 1 aliphatic carbocycles. The summed E-state index contributed by atoms with van der Waals surface area (Å²) >= 11 is 0. The average molecular weight is 283 g/mol. The molecule has 3 rings (SSSR count). The van der Waals surface area contributed by atoms with E-state index in [0.29, 0.717) is 18.2 Å². The lowest BCUT2D eigenvalue weighted by Gasteiger charge is -2.30. The SMILES string of the molecule is COc1cccc(C(=O)NCC2Cc3ccccc32)c1O. The molecular weight excluding hydrogens is 266 g/mol. The van der Waals surface area contributed by atoms with E-state index in [-0.39, 0.29) is 17.2 Å². The van der Waals surface area contributed by atoms with Crippen molar-refractivity contribution in [2.75, 3.05) is 13.7 Å². The molecule has 0 saturated carbocycles. The molecule has 0 bridgehead atoms. The highest BCUT2D eigenvalue weighted by Crippen LogP contribution is 2.34. The minimum Gasteiger partial charge on any atom is -0.504 e. The Morgan fingerprint density at radius 2 is 2.10 bits per heavy atom. The number of phenolic OH excluding ortho intramolecular Hbond substituents is 1. The number of hydrogen-bond acceptors (Lipinski definition) is 3. The minimum absolute atomic E-state index is 0.119. The van der Waals surface area contributed by atoms with E-state index >= 15 is 0 Å². The van der Waals surface area contributed by atoms with Gasteiger partial charge in [0, 0.05) is 12.5 Å².